The number of hydrogen-bond acceptors (Lipinski definition) is 1. The van der Waals surface area contributed by atoms with E-state index >= 15 is 0 Å². The second kappa shape index (κ2) is 8.97. The number of anilines is 1. The molecule has 0 radical (unpaired) electrons. The number of benzene rings is 2. The largest absolute Gasteiger partial charge is 0.359 e. The lowest BCUT2D eigenvalue weighted by molar-refractivity contribution is -0.918. The number of rotatable bonds is 5. The smallest absolute Gasteiger partial charge is 0.171 e. The van der Waals surface area contributed by atoms with E-state index < -0.39 is 0 Å². The van der Waals surface area contributed by atoms with Gasteiger partial charge in [-0.25, -0.2) is 0 Å². The SMILES string of the molecule is CCc1ccc(NC(=S)NC2CC[NH+](Cc3ccccc3)CC2)cc1. The number of nitrogens with one attached hydrogen (secondary N) is 3. The van der Waals surface area contributed by atoms with E-state index in [2.05, 4.69) is 72.2 Å². The average Bonchev–Trinajstić information content (AvgIpc) is 2.65. The van der Waals surface area contributed by atoms with Crippen LogP contribution in [0.1, 0.15) is 30.9 Å². The van der Waals surface area contributed by atoms with E-state index in [0.29, 0.717) is 6.04 Å². The number of likely N-dealkylation sites (tertiary alicyclic amines) is 1. The normalized spacial score (nSPS) is 20.0. The fourth-order valence-corrected chi connectivity index (χ4v) is 3.69. The Morgan fingerprint density at radius 3 is 2.32 bits per heavy atom. The summed E-state index contributed by atoms with van der Waals surface area (Å²) in [7, 11) is 0. The third kappa shape index (κ3) is 5.55. The Labute approximate surface area is 156 Å². The molecule has 0 amide bonds. The zero-order valence-electron chi connectivity index (χ0n) is 14.9. The highest BCUT2D eigenvalue weighted by atomic mass is 32.1. The molecule has 0 unspecified atom stereocenters. The van der Waals surface area contributed by atoms with Gasteiger partial charge in [-0.1, -0.05) is 49.4 Å². The van der Waals surface area contributed by atoms with Crippen molar-refractivity contribution in [2.45, 2.75) is 38.8 Å². The van der Waals surface area contributed by atoms with Crippen LogP contribution in [0.3, 0.4) is 0 Å². The molecule has 1 heterocycles. The van der Waals surface area contributed by atoms with E-state index in [1.807, 2.05) is 0 Å². The molecule has 1 aliphatic rings. The van der Waals surface area contributed by atoms with Gasteiger partial charge in [0.25, 0.3) is 0 Å². The van der Waals surface area contributed by atoms with Crippen molar-refractivity contribution >= 4 is 23.0 Å². The second-order valence-corrected chi connectivity index (χ2v) is 7.24. The lowest BCUT2D eigenvalue weighted by Crippen LogP contribution is -3.12. The zero-order chi connectivity index (χ0) is 17.5. The Morgan fingerprint density at radius 2 is 1.68 bits per heavy atom. The molecule has 4 heteroatoms. The summed E-state index contributed by atoms with van der Waals surface area (Å²) in [6.07, 6.45) is 3.39. The number of quaternary nitrogens is 1. The van der Waals surface area contributed by atoms with Gasteiger partial charge in [-0.2, -0.15) is 0 Å². The molecular weight excluding hydrogens is 326 g/mol. The molecule has 2 aromatic carbocycles. The summed E-state index contributed by atoms with van der Waals surface area (Å²) in [5, 5.41) is 7.53. The fraction of sp³-hybridized carbons (Fsp3) is 0.381. The lowest BCUT2D eigenvalue weighted by Gasteiger charge is -2.30. The molecular formula is C21H28N3S+. The van der Waals surface area contributed by atoms with Crippen LogP contribution < -0.4 is 15.5 Å². The van der Waals surface area contributed by atoms with Gasteiger partial charge in [-0.05, 0) is 36.3 Å². The van der Waals surface area contributed by atoms with Crippen LogP contribution in [-0.4, -0.2) is 24.2 Å². The van der Waals surface area contributed by atoms with Gasteiger partial charge >= 0.3 is 0 Å². The van der Waals surface area contributed by atoms with Crippen molar-refractivity contribution < 1.29 is 4.90 Å². The van der Waals surface area contributed by atoms with Gasteiger partial charge in [0.15, 0.2) is 5.11 Å². The summed E-state index contributed by atoms with van der Waals surface area (Å²) in [5.74, 6) is 0. The van der Waals surface area contributed by atoms with Crippen molar-refractivity contribution in [3.05, 3.63) is 65.7 Å². The summed E-state index contributed by atoms with van der Waals surface area (Å²) in [5.41, 5.74) is 3.83. The molecule has 0 aromatic heterocycles. The predicted molar refractivity (Wildman–Crippen MR) is 109 cm³/mol. The quantitative estimate of drug-likeness (QED) is 0.721. The van der Waals surface area contributed by atoms with Crippen LogP contribution in [0.4, 0.5) is 5.69 Å². The maximum Gasteiger partial charge on any atom is 0.171 e. The molecule has 3 rings (SSSR count). The molecule has 25 heavy (non-hydrogen) atoms. The highest BCUT2D eigenvalue weighted by molar-refractivity contribution is 7.80. The summed E-state index contributed by atoms with van der Waals surface area (Å²) >= 11 is 5.48. The average molecular weight is 355 g/mol. The van der Waals surface area contributed by atoms with Gasteiger partial charge < -0.3 is 15.5 Å². The first-order valence-electron chi connectivity index (χ1n) is 9.27. The molecule has 0 atom stereocenters. The summed E-state index contributed by atoms with van der Waals surface area (Å²) in [4.78, 5) is 1.67. The van der Waals surface area contributed by atoms with E-state index in [-0.39, 0.29) is 0 Å². The van der Waals surface area contributed by atoms with Crippen molar-refractivity contribution in [3.63, 3.8) is 0 Å². The first kappa shape index (κ1) is 17.9. The first-order valence-corrected chi connectivity index (χ1v) is 9.67. The van der Waals surface area contributed by atoms with E-state index in [4.69, 9.17) is 12.2 Å². The van der Waals surface area contributed by atoms with Crippen molar-refractivity contribution in [3.8, 4) is 0 Å². The van der Waals surface area contributed by atoms with Gasteiger partial charge in [0.2, 0.25) is 0 Å². The van der Waals surface area contributed by atoms with Crippen LogP contribution in [0.25, 0.3) is 0 Å². The molecule has 0 spiro atoms. The van der Waals surface area contributed by atoms with Crippen LogP contribution in [0.2, 0.25) is 0 Å². The zero-order valence-corrected chi connectivity index (χ0v) is 15.7. The number of hydrogen-bond donors (Lipinski definition) is 3. The monoisotopic (exact) mass is 354 g/mol. The topological polar surface area (TPSA) is 28.5 Å². The Balaban J connectivity index is 1.41. The van der Waals surface area contributed by atoms with Gasteiger partial charge in [0, 0.05) is 30.1 Å². The minimum absolute atomic E-state index is 0.481. The maximum atomic E-state index is 5.48. The van der Waals surface area contributed by atoms with Crippen LogP contribution in [0, 0.1) is 0 Å². The summed E-state index contributed by atoms with van der Waals surface area (Å²) in [6, 6.07) is 19.7. The van der Waals surface area contributed by atoms with E-state index in [9.17, 15) is 0 Å². The minimum atomic E-state index is 0.481. The van der Waals surface area contributed by atoms with Crippen LogP contribution in [0.5, 0.6) is 0 Å². The standard InChI is InChI=1S/C21H27N3S/c1-2-17-8-10-19(11-9-17)22-21(25)23-20-12-14-24(15-13-20)16-18-6-4-3-5-7-18/h3-11,20H,2,12-16H2,1H3,(H2,22,23,25)/p+1. The highest BCUT2D eigenvalue weighted by Crippen LogP contribution is 2.10. The Hall–Kier alpha value is -1.91. The van der Waals surface area contributed by atoms with Crippen molar-refractivity contribution in [1.82, 2.24) is 5.32 Å². The third-order valence-corrected chi connectivity index (χ3v) is 5.16. The Kier molecular flexibility index (Phi) is 6.42. The van der Waals surface area contributed by atoms with Crippen LogP contribution in [-0.2, 0) is 13.0 Å². The number of aryl methyl sites for hydroxylation is 1. The minimum Gasteiger partial charge on any atom is -0.359 e. The maximum absolute atomic E-state index is 5.48. The molecule has 1 saturated heterocycles. The molecule has 132 valence electrons. The molecule has 3 nitrogen and oxygen atoms in total. The van der Waals surface area contributed by atoms with E-state index in [0.717, 1.165) is 23.8 Å². The molecule has 0 aliphatic carbocycles. The van der Waals surface area contributed by atoms with E-state index in [1.165, 1.54) is 37.1 Å². The van der Waals surface area contributed by atoms with Crippen LogP contribution in [0.15, 0.2) is 54.6 Å². The second-order valence-electron chi connectivity index (χ2n) is 6.84. The molecule has 0 bridgehead atoms. The summed E-state index contributed by atoms with van der Waals surface area (Å²) in [6.45, 7) is 5.68. The van der Waals surface area contributed by atoms with Crippen molar-refractivity contribution in [2.75, 3.05) is 18.4 Å². The highest BCUT2D eigenvalue weighted by Gasteiger charge is 2.22. The Morgan fingerprint density at radius 1 is 1.00 bits per heavy atom. The van der Waals surface area contributed by atoms with Gasteiger partial charge in [-0.15, -0.1) is 0 Å². The molecule has 1 aliphatic heterocycles. The Bertz CT molecular complexity index is 661. The lowest BCUT2D eigenvalue weighted by atomic mass is 10.0. The molecule has 3 N–H and O–H groups in total. The fourth-order valence-electron chi connectivity index (χ4n) is 3.41. The predicted octanol–water partition coefficient (Wildman–Crippen LogP) is 2.78. The van der Waals surface area contributed by atoms with Gasteiger partial charge in [-0.3, -0.25) is 0 Å². The van der Waals surface area contributed by atoms with Crippen LogP contribution >= 0.6 is 12.2 Å². The van der Waals surface area contributed by atoms with E-state index in [1.54, 1.807) is 4.90 Å². The molecule has 0 saturated carbocycles. The van der Waals surface area contributed by atoms with Gasteiger partial charge in [0.05, 0.1) is 13.1 Å². The molecule has 1 fully saturated rings. The number of thiocarbonyl (C=S) groups is 1. The third-order valence-electron chi connectivity index (χ3n) is 4.94. The first-order chi connectivity index (χ1) is 12.2. The van der Waals surface area contributed by atoms with Crippen molar-refractivity contribution in [1.29, 1.82) is 0 Å². The van der Waals surface area contributed by atoms with Crippen molar-refractivity contribution in [2.24, 2.45) is 0 Å². The number of piperidine rings is 1. The molecule has 2 aromatic rings. The van der Waals surface area contributed by atoms with Gasteiger partial charge in [0.1, 0.15) is 6.54 Å². The summed E-state index contributed by atoms with van der Waals surface area (Å²) < 4.78 is 0.